The Hall–Kier alpha value is -1.59. The van der Waals surface area contributed by atoms with Gasteiger partial charge in [0.1, 0.15) is 0 Å². The third-order valence-electron chi connectivity index (χ3n) is 6.16. The molecule has 6 heteroatoms. The molecule has 0 aromatic heterocycles. The summed E-state index contributed by atoms with van der Waals surface area (Å²) in [6.45, 7) is 0.164. The van der Waals surface area contributed by atoms with Crippen molar-refractivity contribution in [3.63, 3.8) is 0 Å². The monoisotopic (exact) mass is 364 g/mol. The van der Waals surface area contributed by atoms with Gasteiger partial charge in [-0.05, 0) is 32.1 Å². The highest BCUT2D eigenvalue weighted by Crippen LogP contribution is 2.30. The zero-order chi connectivity index (χ0) is 18.4. The van der Waals surface area contributed by atoms with Crippen molar-refractivity contribution in [2.24, 2.45) is 5.92 Å². The number of hydrogen-bond acceptors (Lipinski definition) is 4. The molecule has 0 spiro atoms. The molecule has 3 fully saturated rings. The van der Waals surface area contributed by atoms with Crippen molar-refractivity contribution in [3.8, 4) is 0 Å². The van der Waals surface area contributed by atoms with Crippen LogP contribution in [-0.2, 0) is 19.1 Å². The van der Waals surface area contributed by atoms with Crippen LogP contribution in [0.3, 0.4) is 0 Å². The van der Waals surface area contributed by atoms with Crippen LogP contribution in [0.2, 0.25) is 0 Å². The maximum atomic E-state index is 13.0. The van der Waals surface area contributed by atoms with Crippen molar-refractivity contribution in [1.82, 2.24) is 10.2 Å². The molecule has 0 aromatic carbocycles. The zero-order valence-electron chi connectivity index (χ0n) is 15.7. The Balaban J connectivity index is 1.55. The van der Waals surface area contributed by atoms with Crippen molar-refractivity contribution >= 4 is 17.8 Å². The molecule has 3 rings (SSSR count). The second-order valence-electron chi connectivity index (χ2n) is 8.03. The fourth-order valence-corrected chi connectivity index (χ4v) is 4.68. The molecule has 146 valence electrons. The summed E-state index contributed by atoms with van der Waals surface area (Å²) in [5.74, 6) is -0.730. The molecule has 6 nitrogen and oxygen atoms in total. The van der Waals surface area contributed by atoms with E-state index in [4.69, 9.17) is 4.74 Å². The molecule has 1 N–H and O–H groups in total. The van der Waals surface area contributed by atoms with Gasteiger partial charge in [-0.15, -0.1) is 0 Å². The number of hydrogen-bond donors (Lipinski definition) is 1. The van der Waals surface area contributed by atoms with E-state index in [1.807, 2.05) is 0 Å². The second kappa shape index (κ2) is 9.38. The molecule has 0 radical (unpaired) electrons. The number of nitrogens with zero attached hydrogens (tertiary/aromatic N) is 1. The Morgan fingerprint density at radius 3 is 2.00 bits per heavy atom. The summed E-state index contributed by atoms with van der Waals surface area (Å²) in [5.41, 5.74) is 0. The molecule has 1 aliphatic heterocycles. The summed E-state index contributed by atoms with van der Waals surface area (Å²) in [4.78, 5) is 38.5. The smallest absolute Gasteiger partial charge is 0.311 e. The number of piperidine rings is 1. The Bertz CT molecular complexity index is 482. The van der Waals surface area contributed by atoms with Crippen LogP contribution in [0.15, 0.2) is 0 Å². The predicted molar refractivity (Wildman–Crippen MR) is 97.3 cm³/mol. The normalized spacial score (nSPS) is 25.4. The number of nitrogens with one attached hydrogen (secondary N) is 1. The van der Waals surface area contributed by atoms with Gasteiger partial charge < -0.3 is 15.0 Å². The highest BCUT2D eigenvalue weighted by atomic mass is 16.5. The molecule has 2 saturated carbocycles. The standard InChI is InChI=1S/C20H32N2O4/c23-18-12-11-15(13-21-18)20(25)26-14-19(24)22(16-7-3-1-4-8-16)17-9-5-2-6-10-17/h15-17H,1-14H2,(H,21,23). The van der Waals surface area contributed by atoms with Gasteiger partial charge in [-0.3, -0.25) is 14.4 Å². The minimum absolute atomic E-state index is 0.0223. The van der Waals surface area contributed by atoms with E-state index in [0.29, 0.717) is 31.5 Å². The molecule has 1 atom stereocenters. The van der Waals surface area contributed by atoms with E-state index < -0.39 is 0 Å². The third kappa shape index (κ3) is 4.98. The van der Waals surface area contributed by atoms with Gasteiger partial charge in [0.2, 0.25) is 5.91 Å². The van der Waals surface area contributed by atoms with Crippen LogP contribution < -0.4 is 5.32 Å². The van der Waals surface area contributed by atoms with Gasteiger partial charge in [-0.2, -0.15) is 0 Å². The fraction of sp³-hybridized carbons (Fsp3) is 0.850. The Morgan fingerprint density at radius 1 is 0.923 bits per heavy atom. The van der Waals surface area contributed by atoms with E-state index in [1.54, 1.807) is 0 Å². The third-order valence-corrected chi connectivity index (χ3v) is 6.16. The first kappa shape index (κ1) is 19.2. The maximum absolute atomic E-state index is 13.0. The fourth-order valence-electron chi connectivity index (χ4n) is 4.68. The van der Waals surface area contributed by atoms with E-state index >= 15 is 0 Å². The first-order valence-corrected chi connectivity index (χ1v) is 10.4. The van der Waals surface area contributed by atoms with Crippen LogP contribution in [0.25, 0.3) is 0 Å². The Labute approximate surface area is 156 Å². The van der Waals surface area contributed by atoms with Crippen LogP contribution in [0.1, 0.15) is 77.0 Å². The minimum atomic E-state index is -0.356. The van der Waals surface area contributed by atoms with Crippen molar-refractivity contribution in [2.75, 3.05) is 13.2 Å². The van der Waals surface area contributed by atoms with Crippen molar-refractivity contribution < 1.29 is 19.1 Å². The molecule has 1 unspecified atom stereocenters. The number of rotatable bonds is 5. The van der Waals surface area contributed by atoms with E-state index in [0.717, 1.165) is 25.7 Å². The van der Waals surface area contributed by atoms with Crippen LogP contribution in [0.5, 0.6) is 0 Å². The minimum Gasteiger partial charge on any atom is -0.455 e. The van der Waals surface area contributed by atoms with Gasteiger partial charge in [0.05, 0.1) is 5.92 Å². The highest BCUT2D eigenvalue weighted by molar-refractivity contribution is 5.84. The van der Waals surface area contributed by atoms with Crippen molar-refractivity contribution in [3.05, 3.63) is 0 Å². The molecule has 3 aliphatic rings. The Morgan fingerprint density at radius 2 is 1.50 bits per heavy atom. The lowest BCUT2D eigenvalue weighted by Gasteiger charge is -2.41. The van der Waals surface area contributed by atoms with Gasteiger partial charge in [0.25, 0.3) is 5.91 Å². The SMILES string of the molecule is O=C1CCC(C(=O)OCC(=O)N(C2CCCCC2)C2CCCCC2)CN1. The molecule has 2 amide bonds. The summed E-state index contributed by atoms with van der Waals surface area (Å²) in [6, 6.07) is 0.624. The predicted octanol–water partition coefficient (Wildman–Crippen LogP) is 2.55. The van der Waals surface area contributed by atoms with Gasteiger partial charge in [0, 0.05) is 25.0 Å². The number of amides is 2. The topological polar surface area (TPSA) is 75.7 Å². The van der Waals surface area contributed by atoms with E-state index in [-0.39, 0.29) is 30.3 Å². The number of carbonyl (C=O) groups excluding carboxylic acids is 3. The lowest BCUT2D eigenvalue weighted by molar-refractivity contribution is -0.159. The van der Waals surface area contributed by atoms with Crippen molar-refractivity contribution in [1.29, 1.82) is 0 Å². The lowest BCUT2D eigenvalue weighted by Crippen LogP contribution is -2.50. The summed E-state index contributed by atoms with van der Waals surface area (Å²) in [6.07, 6.45) is 12.4. The second-order valence-corrected chi connectivity index (χ2v) is 8.03. The quantitative estimate of drug-likeness (QED) is 0.761. The molecule has 0 bridgehead atoms. The largest absolute Gasteiger partial charge is 0.455 e. The summed E-state index contributed by atoms with van der Waals surface area (Å²) in [5, 5.41) is 2.69. The Kier molecular flexibility index (Phi) is 6.92. The van der Waals surface area contributed by atoms with Crippen molar-refractivity contribution in [2.45, 2.75) is 89.1 Å². The van der Waals surface area contributed by atoms with E-state index in [2.05, 4.69) is 10.2 Å². The molecule has 0 aromatic rings. The number of carbonyl (C=O) groups is 3. The molecular formula is C20H32N2O4. The summed E-state index contributed by atoms with van der Waals surface area (Å²) < 4.78 is 5.36. The zero-order valence-corrected chi connectivity index (χ0v) is 15.7. The first-order valence-electron chi connectivity index (χ1n) is 10.4. The van der Waals surface area contributed by atoms with Gasteiger partial charge in [0.15, 0.2) is 6.61 Å². The van der Waals surface area contributed by atoms with Crippen LogP contribution in [0.4, 0.5) is 0 Å². The average molecular weight is 364 g/mol. The molecule has 2 aliphatic carbocycles. The van der Waals surface area contributed by atoms with Crippen LogP contribution in [-0.4, -0.2) is 47.9 Å². The number of esters is 1. The maximum Gasteiger partial charge on any atom is 0.311 e. The lowest BCUT2D eigenvalue weighted by atomic mass is 9.88. The van der Waals surface area contributed by atoms with Gasteiger partial charge >= 0.3 is 5.97 Å². The summed E-state index contributed by atoms with van der Waals surface area (Å²) >= 11 is 0. The molecule has 26 heavy (non-hydrogen) atoms. The average Bonchev–Trinajstić information content (AvgIpc) is 2.68. The molecular weight excluding hydrogens is 332 g/mol. The first-order chi connectivity index (χ1) is 12.6. The van der Waals surface area contributed by atoms with E-state index in [9.17, 15) is 14.4 Å². The van der Waals surface area contributed by atoms with Gasteiger partial charge in [-0.1, -0.05) is 38.5 Å². The molecule has 1 heterocycles. The number of ether oxygens (including phenoxy) is 1. The van der Waals surface area contributed by atoms with Gasteiger partial charge in [-0.25, -0.2) is 0 Å². The van der Waals surface area contributed by atoms with Crippen LogP contribution >= 0.6 is 0 Å². The summed E-state index contributed by atoms with van der Waals surface area (Å²) in [7, 11) is 0. The molecule has 1 saturated heterocycles. The van der Waals surface area contributed by atoms with Crippen LogP contribution in [0, 0.1) is 5.92 Å². The van der Waals surface area contributed by atoms with E-state index in [1.165, 1.54) is 38.5 Å². The highest BCUT2D eigenvalue weighted by Gasteiger charge is 2.33.